The Morgan fingerprint density at radius 2 is 1.84 bits per heavy atom. The molecule has 0 amide bonds. The van der Waals surface area contributed by atoms with Crippen molar-refractivity contribution < 1.29 is 8.42 Å². The molecule has 0 aliphatic heterocycles. The molecule has 3 aromatic rings. The van der Waals surface area contributed by atoms with E-state index in [1.807, 2.05) is 43.5 Å². The van der Waals surface area contributed by atoms with Crippen LogP contribution in [-0.4, -0.2) is 45.3 Å². The van der Waals surface area contributed by atoms with Crippen molar-refractivity contribution in [2.24, 2.45) is 4.99 Å². The van der Waals surface area contributed by atoms with Crippen LogP contribution in [0.1, 0.15) is 18.1 Å². The summed E-state index contributed by atoms with van der Waals surface area (Å²) < 4.78 is 23.1. The van der Waals surface area contributed by atoms with Gasteiger partial charge in [0.15, 0.2) is 15.8 Å². The van der Waals surface area contributed by atoms with Crippen molar-refractivity contribution in [3.8, 4) is 0 Å². The van der Waals surface area contributed by atoms with Crippen molar-refractivity contribution in [2.45, 2.75) is 24.7 Å². The number of halogens is 2. The van der Waals surface area contributed by atoms with E-state index in [4.69, 9.17) is 11.6 Å². The molecule has 168 valence electrons. The lowest BCUT2D eigenvalue weighted by molar-refractivity contribution is 0.602. The van der Waals surface area contributed by atoms with Gasteiger partial charge < -0.3 is 15.6 Å². The molecule has 0 unspecified atom stereocenters. The standard InChI is InChI=1S/C22H27ClN4O2S.HI/c1-3-24-22(25-12-10-16-4-7-19(8-5-16)30(2,28)29)26-13-11-17-15-27-21-9-6-18(23)14-20(17)21;/h4-9,14-15,27H,3,10-13H2,1-2H3,(H2,24,25,26);1H. The second-order valence-electron chi connectivity index (χ2n) is 7.11. The Kier molecular flexibility index (Phi) is 9.64. The first kappa shape index (κ1) is 25.5. The topological polar surface area (TPSA) is 86.3 Å². The first-order valence-electron chi connectivity index (χ1n) is 9.93. The van der Waals surface area contributed by atoms with E-state index in [1.165, 1.54) is 11.8 Å². The molecule has 3 N–H and O–H groups in total. The van der Waals surface area contributed by atoms with Crippen LogP contribution in [0, 0.1) is 0 Å². The van der Waals surface area contributed by atoms with E-state index < -0.39 is 9.84 Å². The Bertz CT molecular complexity index is 1130. The first-order chi connectivity index (χ1) is 14.4. The Hall–Kier alpha value is -1.78. The number of fused-ring (bicyclic) bond motifs is 1. The van der Waals surface area contributed by atoms with E-state index in [1.54, 1.807) is 12.1 Å². The number of H-pyrrole nitrogens is 1. The molecule has 1 heterocycles. The minimum absolute atomic E-state index is 0. The van der Waals surface area contributed by atoms with Crippen LogP contribution < -0.4 is 10.6 Å². The molecule has 0 aliphatic rings. The number of aromatic amines is 1. The Morgan fingerprint density at radius 1 is 1.10 bits per heavy atom. The Morgan fingerprint density at radius 3 is 2.52 bits per heavy atom. The van der Waals surface area contributed by atoms with Gasteiger partial charge in [-0.2, -0.15) is 0 Å². The molecule has 1 aromatic heterocycles. The zero-order valence-electron chi connectivity index (χ0n) is 17.6. The van der Waals surface area contributed by atoms with Gasteiger partial charge >= 0.3 is 0 Å². The first-order valence-corrected chi connectivity index (χ1v) is 12.2. The lowest BCUT2D eigenvalue weighted by atomic mass is 10.1. The van der Waals surface area contributed by atoms with E-state index in [0.717, 1.165) is 46.8 Å². The largest absolute Gasteiger partial charge is 0.361 e. The maximum atomic E-state index is 11.5. The summed E-state index contributed by atoms with van der Waals surface area (Å²) in [5.74, 6) is 0.767. The number of nitrogens with zero attached hydrogens (tertiary/aromatic N) is 1. The van der Waals surface area contributed by atoms with Gasteiger partial charge in [-0.25, -0.2) is 8.42 Å². The molecule has 0 aliphatic carbocycles. The summed E-state index contributed by atoms with van der Waals surface area (Å²) in [5, 5.41) is 8.45. The fourth-order valence-electron chi connectivity index (χ4n) is 3.22. The molecule has 0 saturated heterocycles. The second kappa shape index (κ2) is 11.7. The predicted octanol–water partition coefficient (Wildman–Crippen LogP) is 4.18. The maximum absolute atomic E-state index is 11.5. The van der Waals surface area contributed by atoms with Gasteiger partial charge in [0.25, 0.3) is 0 Å². The van der Waals surface area contributed by atoms with Gasteiger partial charge in [0.05, 0.1) is 4.90 Å². The average molecular weight is 575 g/mol. The van der Waals surface area contributed by atoms with E-state index >= 15 is 0 Å². The number of benzene rings is 2. The molecule has 31 heavy (non-hydrogen) atoms. The molecule has 0 spiro atoms. The maximum Gasteiger partial charge on any atom is 0.191 e. The summed E-state index contributed by atoms with van der Waals surface area (Å²) in [4.78, 5) is 8.27. The number of nitrogens with one attached hydrogen (secondary N) is 3. The Labute approximate surface area is 205 Å². The summed E-state index contributed by atoms with van der Waals surface area (Å²) in [6.45, 7) is 4.16. The average Bonchev–Trinajstić information content (AvgIpc) is 3.10. The van der Waals surface area contributed by atoms with Crippen LogP contribution in [0.25, 0.3) is 10.9 Å². The minimum atomic E-state index is -3.16. The lowest BCUT2D eigenvalue weighted by Gasteiger charge is -2.11. The third-order valence-electron chi connectivity index (χ3n) is 4.78. The normalized spacial score (nSPS) is 11.9. The van der Waals surface area contributed by atoms with Crippen molar-refractivity contribution in [3.63, 3.8) is 0 Å². The van der Waals surface area contributed by atoms with Crippen LogP contribution in [0.2, 0.25) is 5.02 Å². The van der Waals surface area contributed by atoms with Gasteiger partial charge in [0.2, 0.25) is 0 Å². The molecule has 0 radical (unpaired) electrons. The third kappa shape index (κ3) is 7.40. The third-order valence-corrected chi connectivity index (χ3v) is 6.15. The van der Waals surface area contributed by atoms with Crippen molar-refractivity contribution >= 4 is 62.3 Å². The highest BCUT2D eigenvalue weighted by atomic mass is 127. The summed E-state index contributed by atoms with van der Waals surface area (Å²) in [6.07, 6.45) is 4.81. The summed E-state index contributed by atoms with van der Waals surface area (Å²) in [5.41, 5.74) is 3.34. The minimum Gasteiger partial charge on any atom is -0.361 e. The smallest absolute Gasteiger partial charge is 0.191 e. The molecule has 9 heteroatoms. The van der Waals surface area contributed by atoms with E-state index in [-0.39, 0.29) is 24.0 Å². The number of hydrogen-bond acceptors (Lipinski definition) is 3. The van der Waals surface area contributed by atoms with Crippen LogP contribution in [0.3, 0.4) is 0 Å². The highest BCUT2D eigenvalue weighted by Gasteiger charge is 2.07. The quantitative estimate of drug-likeness (QED) is 0.214. The van der Waals surface area contributed by atoms with E-state index in [0.29, 0.717) is 18.0 Å². The van der Waals surface area contributed by atoms with Crippen molar-refractivity contribution in [3.05, 3.63) is 64.8 Å². The second-order valence-corrected chi connectivity index (χ2v) is 9.56. The molecule has 0 bridgehead atoms. The molecular formula is C22H28ClIN4O2S. The fourth-order valence-corrected chi connectivity index (χ4v) is 4.02. The molecular weight excluding hydrogens is 547 g/mol. The number of guanidine groups is 1. The highest BCUT2D eigenvalue weighted by Crippen LogP contribution is 2.22. The number of sulfone groups is 1. The summed E-state index contributed by atoms with van der Waals surface area (Å²) in [6, 6.07) is 12.8. The molecule has 0 fully saturated rings. The van der Waals surface area contributed by atoms with E-state index in [9.17, 15) is 8.42 Å². The summed E-state index contributed by atoms with van der Waals surface area (Å²) in [7, 11) is -3.16. The van der Waals surface area contributed by atoms with Crippen LogP contribution in [0.5, 0.6) is 0 Å². The zero-order chi connectivity index (χ0) is 21.6. The van der Waals surface area contributed by atoms with Gasteiger partial charge in [0.1, 0.15) is 0 Å². The van der Waals surface area contributed by atoms with E-state index in [2.05, 4.69) is 20.6 Å². The van der Waals surface area contributed by atoms with Crippen molar-refractivity contribution in [2.75, 3.05) is 25.9 Å². The Balaban J connectivity index is 0.00000341. The highest BCUT2D eigenvalue weighted by molar-refractivity contribution is 14.0. The van der Waals surface area contributed by atoms with Gasteiger partial charge in [-0.05, 0) is 61.2 Å². The molecule has 0 saturated carbocycles. The fraction of sp³-hybridized carbons (Fsp3) is 0.318. The monoisotopic (exact) mass is 574 g/mol. The van der Waals surface area contributed by atoms with Crippen LogP contribution in [-0.2, 0) is 22.7 Å². The van der Waals surface area contributed by atoms with Gasteiger partial charge in [-0.1, -0.05) is 23.7 Å². The van der Waals surface area contributed by atoms with Crippen molar-refractivity contribution in [1.29, 1.82) is 0 Å². The van der Waals surface area contributed by atoms with Gasteiger partial charge in [-0.3, -0.25) is 4.99 Å². The predicted molar refractivity (Wildman–Crippen MR) is 140 cm³/mol. The van der Waals surface area contributed by atoms with Gasteiger partial charge in [0, 0.05) is 48.0 Å². The molecule has 0 atom stereocenters. The molecule has 2 aromatic carbocycles. The zero-order valence-corrected chi connectivity index (χ0v) is 21.5. The van der Waals surface area contributed by atoms with Crippen LogP contribution in [0.15, 0.2) is 58.5 Å². The SMILES string of the molecule is CCNC(=NCCc1c[nH]c2ccc(Cl)cc12)NCCc1ccc(S(C)(=O)=O)cc1.I. The number of rotatable bonds is 8. The number of aromatic nitrogens is 1. The summed E-state index contributed by atoms with van der Waals surface area (Å²) >= 11 is 6.12. The lowest BCUT2D eigenvalue weighted by Crippen LogP contribution is -2.38. The molecule has 6 nitrogen and oxygen atoms in total. The molecule has 3 rings (SSSR count). The number of aliphatic imine (C=N–C) groups is 1. The van der Waals surface area contributed by atoms with Crippen LogP contribution in [0.4, 0.5) is 0 Å². The number of hydrogen-bond donors (Lipinski definition) is 3. The van der Waals surface area contributed by atoms with Crippen LogP contribution >= 0.6 is 35.6 Å². The van der Waals surface area contributed by atoms with Crippen molar-refractivity contribution in [1.82, 2.24) is 15.6 Å². The van der Waals surface area contributed by atoms with Gasteiger partial charge in [-0.15, -0.1) is 24.0 Å².